The smallest absolute Gasteiger partial charge is 0.244 e. The molecule has 1 saturated heterocycles. The highest BCUT2D eigenvalue weighted by atomic mass is 32.1. The third kappa shape index (κ3) is 5.55. The maximum absolute atomic E-state index is 11.6. The van der Waals surface area contributed by atoms with Crippen molar-refractivity contribution >= 4 is 23.3 Å². The number of carbonyl (C=O) groups excluding carboxylic acids is 1. The number of carbonyl (C=O) groups is 1. The van der Waals surface area contributed by atoms with Gasteiger partial charge in [0.25, 0.3) is 0 Å². The average molecular weight is 280 g/mol. The molecule has 1 N–H and O–H groups in total. The van der Waals surface area contributed by atoms with Crippen molar-refractivity contribution in [3.05, 3.63) is 28.5 Å². The lowest BCUT2D eigenvalue weighted by molar-refractivity contribution is -0.116. The maximum Gasteiger partial charge on any atom is 0.244 e. The fourth-order valence-electron chi connectivity index (χ4n) is 1.94. The average Bonchev–Trinajstić information content (AvgIpc) is 2.96. The third-order valence-corrected chi connectivity index (χ3v) is 3.83. The predicted octanol–water partition coefficient (Wildman–Crippen LogP) is 1.60. The number of rotatable bonds is 6. The lowest BCUT2D eigenvalue weighted by atomic mass is 10.3. The first-order valence-corrected chi connectivity index (χ1v) is 7.52. The Morgan fingerprint density at radius 1 is 1.47 bits per heavy atom. The van der Waals surface area contributed by atoms with Crippen LogP contribution < -0.4 is 5.32 Å². The van der Waals surface area contributed by atoms with Crippen molar-refractivity contribution in [3.8, 4) is 0 Å². The van der Waals surface area contributed by atoms with Crippen molar-refractivity contribution in [1.82, 2.24) is 10.2 Å². The van der Waals surface area contributed by atoms with Crippen LogP contribution >= 0.6 is 11.3 Å². The van der Waals surface area contributed by atoms with E-state index in [1.165, 1.54) is 0 Å². The second-order valence-electron chi connectivity index (χ2n) is 4.45. The van der Waals surface area contributed by atoms with Crippen LogP contribution in [0, 0.1) is 0 Å². The van der Waals surface area contributed by atoms with Crippen LogP contribution in [0.4, 0.5) is 0 Å². The molecule has 0 radical (unpaired) electrons. The minimum atomic E-state index is -0.0182. The Labute approximate surface area is 118 Å². The largest absolute Gasteiger partial charge is 0.379 e. The van der Waals surface area contributed by atoms with Gasteiger partial charge in [-0.05, 0) is 30.5 Å². The normalized spacial score (nSPS) is 16.8. The zero-order valence-corrected chi connectivity index (χ0v) is 11.8. The molecule has 1 amide bonds. The van der Waals surface area contributed by atoms with Gasteiger partial charge in [-0.25, -0.2) is 0 Å². The zero-order chi connectivity index (χ0) is 13.3. The quantitative estimate of drug-likeness (QED) is 0.636. The number of amides is 1. The standard InChI is InChI=1S/C14H20N2O2S/c17-14(5-4-13-3-1-12-19-13)15-6-2-7-16-8-10-18-11-9-16/h1,3-5,12H,2,6-11H2,(H,15,17)/b5-4+. The van der Waals surface area contributed by atoms with E-state index in [0.717, 1.165) is 50.7 Å². The summed E-state index contributed by atoms with van der Waals surface area (Å²) in [5, 5.41) is 4.91. The fourth-order valence-corrected chi connectivity index (χ4v) is 2.56. The Balaban J connectivity index is 1.56. The molecule has 2 rings (SSSR count). The summed E-state index contributed by atoms with van der Waals surface area (Å²) in [6.45, 7) is 5.42. The Kier molecular flexibility index (Phi) is 6.07. The molecule has 0 saturated carbocycles. The fraction of sp³-hybridized carbons (Fsp3) is 0.500. The van der Waals surface area contributed by atoms with Gasteiger partial charge in [0.2, 0.25) is 5.91 Å². The Morgan fingerprint density at radius 3 is 3.05 bits per heavy atom. The molecule has 0 spiro atoms. The van der Waals surface area contributed by atoms with E-state index in [2.05, 4.69) is 10.2 Å². The summed E-state index contributed by atoms with van der Waals surface area (Å²) >= 11 is 1.63. The molecule has 104 valence electrons. The second-order valence-corrected chi connectivity index (χ2v) is 5.43. The lowest BCUT2D eigenvalue weighted by Gasteiger charge is -2.26. The molecule has 1 aromatic rings. The first-order chi connectivity index (χ1) is 9.34. The Bertz CT molecular complexity index is 398. The van der Waals surface area contributed by atoms with Gasteiger partial charge in [0.1, 0.15) is 0 Å². The van der Waals surface area contributed by atoms with Crippen molar-refractivity contribution in [2.75, 3.05) is 39.4 Å². The molecule has 0 aliphatic carbocycles. The summed E-state index contributed by atoms with van der Waals surface area (Å²) in [6, 6.07) is 3.97. The van der Waals surface area contributed by atoms with Crippen LogP contribution in [0.1, 0.15) is 11.3 Å². The van der Waals surface area contributed by atoms with Gasteiger partial charge in [-0.2, -0.15) is 0 Å². The van der Waals surface area contributed by atoms with Gasteiger partial charge < -0.3 is 10.1 Å². The van der Waals surface area contributed by atoms with E-state index < -0.39 is 0 Å². The maximum atomic E-state index is 11.6. The summed E-state index contributed by atoms with van der Waals surface area (Å²) < 4.78 is 5.29. The van der Waals surface area contributed by atoms with Crippen LogP contribution in [0.15, 0.2) is 23.6 Å². The Hall–Kier alpha value is -1.17. The number of hydrogen-bond acceptors (Lipinski definition) is 4. The summed E-state index contributed by atoms with van der Waals surface area (Å²) in [5.74, 6) is -0.0182. The van der Waals surface area contributed by atoms with Crippen molar-refractivity contribution in [2.24, 2.45) is 0 Å². The van der Waals surface area contributed by atoms with E-state index in [1.807, 2.05) is 23.6 Å². The lowest BCUT2D eigenvalue weighted by Crippen LogP contribution is -2.38. The third-order valence-electron chi connectivity index (χ3n) is 3.00. The van der Waals surface area contributed by atoms with Crippen molar-refractivity contribution in [1.29, 1.82) is 0 Å². The van der Waals surface area contributed by atoms with Crippen LogP contribution in [0.25, 0.3) is 6.08 Å². The summed E-state index contributed by atoms with van der Waals surface area (Å²) in [6.07, 6.45) is 4.43. The number of nitrogens with one attached hydrogen (secondary N) is 1. The first-order valence-electron chi connectivity index (χ1n) is 6.64. The number of morpholine rings is 1. The summed E-state index contributed by atoms with van der Waals surface area (Å²) in [4.78, 5) is 15.0. The zero-order valence-electron chi connectivity index (χ0n) is 11.0. The highest BCUT2D eigenvalue weighted by molar-refractivity contribution is 7.10. The topological polar surface area (TPSA) is 41.6 Å². The molecule has 1 aromatic heterocycles. The number of ether oxygens (including phenoxy) is 1. The molecule has 4 nitrogen and oxygen atoms in total. The van der Waals surface area contributed by atoms with Gasteiger partial charge in [-0.1, -0.05) is 6.07 Å². The van der Waals surface area contributed by atoms with Crippen molar-refractivity contribution in [2.45, 2.75) is 6.42 Å². The van der Waals surface area contributed by atoms with E-state index >= 15 is 0 Å². The van der Waals surface area contributed by atoms with Gasteiger partial charge in [-0.15, -0.1) is 11.3 Å². The van der Waals surface area contributed by atoms with Crippen LogP contribution in [-0.2, 0) is 9.53 Å². The van der Waals surface area contributed by atoms with E-state index in [9.17, 15) is 4.79 Å². The molecule has 1 fully saturated rings. The molecule has 0 aromatic carbocycles. The van der Waals surface area contributed by atoms with Gasteiger partial charge >= 0.3 is 0 Å². The second kappa shape index (κ2) is 8.09. The van der Waals surface area contributed by atoms with Crippen molar-refractivity contribution < 1.29 is 9.53 Å². The minimum absolute atomic E-state index is 0.0182. The van der Waals surface area contributed by atoms with Gasteiger partial charge in [0, 0.05) is 30.6 Å². The number of hydrogen-bond donors (Lipinski definition) is 1. The summed E-state index contributed by atoms with van der Waals surface area (Å²) in [7, 11) is 0. The van der Waals surface area contributed by atoms with E-state index in [1.54, 1.807) is 17.4 Å². The molecule has 0 bridgehead atoms. The van der Waals surface area contributed by atoms with Gasteiger partial charge in [0.15, 0.2) is 0 Å². The molecule has 1 aliphatic heterocycles. The van der Waals surface area contributed by atoms with E-state index in [4.69, 9.17) is 4.74 Å². The van der Waals surface area contributed by atoms with Crippen LogP contribution in [0.3, 0.4) is 0 Å². The van der Waals surface area contributed by atoms with Gasteiger partial charge in [0.05, 0.1) is 13.2 Å². The monoisotopic (exact) mass is 280 g/mol. The van der Waals surface area contributed by atoms with Crippen LogP contribution in [-0.4, -0.2) is 50.2 Å². The predicted molar refractivity (Wildman–Crippen MR) is 78.2 cm³/mol. The van der Waals surface area contributed by atoms with E-state index in [-0.39, 0.29) is 5.91 Å². The van der Waals surface area contributed by atoms with E-state index in [0.29, 0.717) is 0 Å². The molecule has 1 aliphatic rings. The molecule has 2 heterocycles. The molecule has 0 atom stereocenters. The Morgan fingerprint density at radius 2 is 2.32 bits per heavy atom. The molecule has 5 heteroatoms. The number of nitrogens with zero attached hydrogens (tertiary/aromatic N) is 1. The van der Waals surface area contributed by atoms with Gasteiger partial charge in [-0.3, -0.25) is 9.69 Å². The molecular formula is C14H20N2O2S. The molecule has 19 heavy (non-hydrogen) atoms. The highest BCUT2D eigenvalue weighted by Crippen LogP contribution is 2.09. The molecule has 0 unspecified atom stereocenters. The molecular weight excluding hydrogens is 260 g/mol. The first kappa shape index (κ1) is 14.2. The highest BCUT2D eigenvalue weighted by Gasteiger charge is 2.09. The van der Waals surface area contributed by atoms with Crippen molar-refractivity contribution in [3.63, 3.8) is 0 Å². The van der Waals surface area contributed by atoms with Crippen LogP contribution in [0.2, 0.25) is 0 Å². The SMILES string of the molecule is O=C(/C=C/c1cccs1)NCCCN1CCOCC1. The summed E-state index contributed by atoms with van der Waals surface area (Å²) in [5.41, 5.74) is 0. The number of thiophene rings is 1. The minimum Gasteiger partial charge on any atom is -0.379 e. The van der Waals surface area contributed by atoms with Crippen LogP contribution in [0.5, 0.6) is 0 Å².